The predicted octanol–water partition coefficient (Wildman–Crippen LogP) is 1.29. The fraction of sp³-hybridized carbons (Fsp3) is 0.462. The van der Waals surface area contributed by atoms with E-state index in [4.69, 9.17) is 10.5 Å². The lowest BCUT2D eigenvalue weighted by Gasteiger charge is -2.13. The number of carbonyl (C=O) groups is 1. The van der Waals surface area contributed by atoms with Crippen LogP contribution in [0.1, 0.15) is 23.7 Å². The number of sulfone groups is 1. The van der Waals surface area contributed by atoms with Crippen LogP contribution in [0.2, 0.25) is 0 Å². The van der Waals surface area contributed by atoms with Crippen molar-refractivity contribution in [1.29, 1.82) is 0 Å². The minimum absolute atomic E-state index is 0.0848. The molecule has 0 bridgehead atoms. The predicted molar refractivity (Wildman–Crippen MR) is 79.6 cm³/mol. The van der Waals surface area contributed by atoms with E-state index in [2.05, 4.69) is 5.32 Å². The van der Waals surface area contributed by atoms with Gasteiger partial charge in [-0.15, -0.1) is 0 Å². The van der Waals surface area contributed by atoms with Crippen molar-refractivity contribution in [2.45, 2.75) is 13.3 Å². The molecule has 0 saturated carbocycles. The summed E-state index contributed by atoms with van der Waals surface area (Å²) in [6.45, 7) is 2.41. The van der Waals surface area contributed by atoms with Crippen molar-refractivity contribution in [2.24, 2.45) is 0 Å². The average molecular weight is 300 g/mol. The standard InChI is InChI=1S/C13H20N2O4S/c1-3-19-13(16)10-6-4-7-11(14)12(10)15-8-5-9-20(2,17)18/h4,6-7,15H,3,5,8-9,14H2,1-2H3. The first-order valence-corrected chi connectivity index (χ1v) is 8.38. The Morgan fingerprint density at radius 3 is 2.70 bits per heavy atom. The van der Waals surface area contributed by atoms with Gasteiger partial charge in [-0.05, 0) is 25.5 Å². The second-order valence-corrected chi connectivity index (χ2v) is 6.66. The van der Waals surface area contributed by atoms with Gasteiger partial charge in [-0.3, -0.25) is 0 Å². The third-order valence-corrected chi connectivity index (χ3v) is 3.62. The Morgan fingerprint density at radius 2 is 2.10 bits per heavy atom. The summed E-state index contributed by atoms with van der Waals surface area (Å²) < 4.78 is 27.0. The summed E-state index contributed by atoms with van der Waals surface area (Å²) in [6.07, 6.45) is 1.63. The summed E-state index contributed by atoms with van der Waals surface area (Å²) in [5, 5.41) is 3.00. The first kappa shape index (κ1) is 16.3. The molecule has 0 amide bonds. The van der Waals surface area contributed by atoms with Gasteiger partial charge >= 0.3 is 5.97 Å². The molecule has 0 saturated heterocycles. The van der Waals surface area contributed by atoms with Gasteiger partial charge in [-0.1, -0.05) is 6.07 Å². The van der Waals surface area contributed by atoms with Gasteiger partial charge in [0.15, 0.2) is 0 Å². The van der Waals surface area contributed by atoms with Crippen LogP contribution < -0.4 is 11.1 Å². The molecule has 0 spiro atoms. The van der Waals surface area contributed by atoms with Gasteiger partial charge in [0, 0.05) is 12.8 Å². The maximum atomic E-state index is 11.8. The number of hydrogen-bond donors (Lipinski definition) is 2. The first-order valence-electron chi connectivity index (χ1n) is 6.32. The number of ether oxygens (including phenoxy) is 1. The van der Waals surface area contributed by atoms with Crippen molar-refractivity contribution in [3.05, 3.63) is 23.8 Å². The smallest absolute Gasteiger partial charge is 0.340 e. The van der Waals surface area contributed by atoms with E-state index < -0.39 is 15.8 Å². The molecule has 0 unspecified atom stereocenters. The molecule has 0 atom stereocenters. The fourth-order valence-corrected chi connectivity index (χ4v) is 2.36. The van der Waals surface area contributed by atoms with Crippen LogP contribution in [0.5, 0.6) is 0 Å². The van der Waals surface area contributed by atoms with E-state index in [1.165, 1.54) is 6.26 Å². The van der Waals surface area contributed by atoms with Crippen molar-refractivity contribution in [3.63, 3.8) is 0 Å². The van der Waals surface area contributed by atoms with E-state index in [0.29, 0.717) is 29.9 Å². The second-order valence-electron chi connectivity index (χ2n) is 4.40. The largest absolute Gasteiger partial charge is 0.462 e. The third-order valence-electron chi connectivity index (χ3n) is 2.59. The Labute approximate surface area is 119 Å². The number of nitrogen functional groups attached to an aromatic ring is 1. The van der Waals surface area contributed by atoms with Crippen molar-refractivity contribution < 1.29 is 17.9 Å². The van der Waals surface area contributed by atoms with Crippen LogP contribution in [0, 0.1) is 0 Å². The van der Waals surface area contributed by atoms with E-state index in [9.17, 15) is 13.2 Å². The van der Waals surface area contributed by atoms with Crippen molar-refractivity contribution in [1.82, 2.24) is 0 Å². The van der Waals surface area contributed by atoms with E-state index in [1.54, 1.807) is 25.1 Å². The molecule has 1 rings (SSSR count). The third kappa shape index (κ3) is 5.08. The zero-order chi connectivity index (χ0) is 15.2. The number of esters is 1. The molecule has 1 aromatic rings. The molecule has 0 aliphatic rings. The monoisotopic (exact) mass is 300 g/mol. The maximum absolute atomic E-state index is 11.8. The molecular formula is C13H20N2O4S. The number of para-hydroxylation sites is 1. The highest BCUT2D eigenvalue weighted by molar-refractivity contribution is 7.90. The van der Waals surface area contributed by atoms with Crippen LogP contribution in [0.4, 0.5) is 11.4 Å². The maximum Gasteiger partial charge on any atom is 0.340 e. The lowest BCUT2D eigenvalue weighted by atomic mass is 10.1. The molecule has 1 aromatic carbocycles. The molecule has 3 N–H and O–H groups in total. The summed E-state index contributed by atoms with van der Waals surface area (Å²) in [6, 6.07) is 4.96. The molecule has 112 valence electrons. The molecule has 0 aliphatic carbocycles. The van der Waals surface area contributed by atoms with Gasteiger partial charge in [0.25, 0.3) is 0 Å². The molecule has 0 radical (unpaired) electrons. The van der Waals surface area contributed by atoms with Crippen LogP contribution in [0.3, 0.4) is 0 Å². The van der Waals surface area contributed by atoms with E-state index in [0.717, 1.165) is 0 Å². The Hall–Kier alpha value is -1.76. The highest BCUT2D eigenvalue weighted by Crippen LogP contribution is 2.24. The lowest BCUT2D eigenvalue weighted by molar-refractivity contribution is 0.0527. The number of rotatable bonds is 7. The summed E-state index contributed by atoms with van der Waals surface area (Å²) in [4.78, 5) is 11.8. The van der Waals surface area contributed by atoms with E-state index >= 15 is 0 Å². The molecule has 0 aliphatic heterocycles. The van der Waals surface area contributed by atoms with Crippen LogP contribution >= 0.6 is 0 Å². The fourth-order valence-electron chi connectivity index (χ4n) is 1.69. The van der Waals surface area contributed by atoms with Crippen molar-refractivity contribution in [3.8, 4) is 0 Å². The SMILES string of the molecule is CCOC(=O)c1cccc(N)c1NCCCS(C)(=O)=O. The summed E-state index contributed by atoms with van der Waals surface area (Å²) in [7, 11) is -2.99. The van der Waals surface area contributed by atoms with Crippen molar-refractivity contribution in [2.75, 3.05) is 36.2 Å². The van der Waals surface area contributed by atoms with Gasteiger partial charge in [-0.25, -0.2) is 13.2 Å². The topological polar surface area (TPSA) is 98.5 Å². The van der Waals surface area contributed by atoms with Gasteiger partial charge in [-0.2, -0.15) is 0 Å². The Bertz CT molecular complexity index is 570. The number of nitrogens with two attached hydrogens (primary N) is 1. The number of carbonyl (C=O) groups excluding carboxylic acids is 1. The highest BCUT2D eigenvalue weighted by atomic mass is 32.2. The molecule has 20 heavy (non-hydrogen) atoms. The summed E-state index contributed by atoms with van der Waals surface area (Å²) in [5.74, 6) is -0.369. The Kier molecular flexibility index (Phi) is 5.82. The van der Waals surface area contributed by atoms with Crippen LogP contribution in [0.15, 0.2) is 18.2 Å². The molecule has 7 heteroatoms. The average Bonchev–Trinajstić information content (AvgIpc) is 2.35. The first-order chi connectivity index (χ1) is 9.35. The zero-order valence-electron chi connectivity index (χ0n) is 11.7. The van der Waals surface area contributed by atoms with Crippen LogP contribution in [-0.2, 0) is 14.6 Å². The van der Waals surface area contributed by atoms with Gasteiger partial charge in [0.05, 0.1) is 29.3 Å². The normalized spacial score (nSPS) is 11.1. The molecule has 6 nitrogen and oxygen atoms in total. The minimum Gasteiger partial charge on any atom is -0.462 e. The second kappa shape index (κ2) is 7.14. The number of benzene rings is 1. The summed E-state index contributed by atoms with van der Waals surface area (Å²) >= 11 is 0. The molecular weight excluding hydrogens is 280 g/mol. The highest BCUT2D eigenvalue weighted by Gasteiger charge is 2.14. The quantitative estimate of drug-likeness (QED) is 0.447. The van der Waals surface area contributed by atoms with Crippen LogP contribution in [-0.4, -0.2) is 39.5 Å². The zero-order valence-corrected chi connectivity index (χ0v) is 12.5. The molecule has 0 aromatic heterocycles. The number of anilines is 2. The van der Waals surface area contributed by atoms with Crippen LogP contribution in [0.25, 0.3) is 0 Å². The van der Waals surface area contributed by atoms with Gasteiger partial charge in [0.2, 0.25) is 0 Å². The van der Waals surface area contributed by atoms with Crippen molar-refractivity contribution >= 4 is 27.2 Å². The number of hydrogen-bond acceptors (Lipinski definition) is 6. The van der Waals surface area contributed by atoms with E-state index in [-0.39, 0.29) is 12.4 Å². The van der Waals surface area contributed by atoms with Gasteiger partial charge < -0.3 is 15.8 Å². The van der Waals surface area contributed by atoms with Gasteiger partial charge in [0.1, 0.15) is 9.84 Å². The Morgan fingerprint density at radius 1 is 1.40 bits per heavy atom. The van der Waals surface area contributed by atoms with E-state index in [1.807, 2.05) is 0 Å². The molecule has 0 heterocycles. The summed E-state index contributed by atoms with van der Waals surface area (Å²) in [5.41, 5.74) is 7.10. The number of nitrogens with one attached hydrogen (secondary N) is 1. The molecule has 0 fully saturated rings. The lowest BCUT2D eigenvalue weighted by Crippen LogP contribution is -2.14. The minimum atomic E-state index is -2.99. The Balaban J connectivity index is 2.75.